The minimum absolute atomic E-state index is 0.292. The van der Waals surface area contributed by atoms with E-state index < -0.39 is 0 Å². The van der Waals surface area contributed by atoms with E-state index in [2.05, 4.69) is 15.1 Å². The number of nitrogens with two attached hydrogens (primary N) is 1. The lowest BCUT2D eigenvalue weighted by atomic mass is 10.2. The monoisotopic (exact) mass is 340 g/mol. The van der Waals surface area contributed by atoms with E-state index in [1.165, 1.54) is 0 Å². The maximum absolute atomic E-state index is 6.00. The summed E-state index contributed by atoms with van der Waals surface area (Å²) in [6, 6.07) is 3.21. The van der Waals surface area contributed by atoms with E-state index >= 15 is 0 Å². The molecule has 0 saturated carbocycles. The zero-order valence-electron chi connectivity index (χ0n) is 10.9. The van der Waals surface area contributed by atoms with Crippen LogP contribution in [0.15, 0.2) is 22.0 Å². The zero-order valence-corrected chi connectivity index (χ0v) is 13.3. The van der Waals surface area contributed by atoms with Crippen LogP contribution >= 0.6 is 34.5 Å². The normalized spacial score (nSPS) is 11.0. The average Bonchev–Trinajstić information content (AvgIpc) is 3.04. The Balaban J connectivity index is 1.91. The number of benzene rings is 1. The van der Waals surface area contributed by atoms with Crippen LogP contribution in [0.25, 0.3) is 11.5 Å². The second-order valence-corrected chi connectivity index (χ2v) is 6.21. The summed E-state index contributed by atoms with van der Waals surface area (Å²) in [6.07, 6.45) is 0.510. The van der Waals surface area contributed by atoms with E-state index in [4.69, 9.17) is 33.5 Å². The molecule has 3 aromatic rings. The quantitative estimate of drug-likeness (QED) is 0.729. The molecule has 5 nitrogen and oxygen atoms in total. The molecule has 0 unspecified atom stereocenters. The van der Waals surface area contributed by atoms with Crippen molar-refractivity contribution in [2.45, 2.75) is 13.3 Å². The number of thiazole rings is 1. The van der Waals surface area contributed by atoms with Crippen LogP contribution in [0.5, 0.6) is 0 Å². The van der Waals surface area contributed by atoms with Crippen LogP contribution in [-0.2, 0) is 6.42 Å². The van der Waals surface area contributed by atoms with E-state index in [-0.39, 0.29) is 0 Å². The van der Waals surface area contributed by atoms with Crippen LogP contribution in [0, 0.1) is 6.92 Å². The molecule has 0 fully saturated rings. The predicted octanol–water partition coefficient (Wildman–Crippen LogP) is 3.98. The molecule has 1 aromatic carbocycles. The Labute approximate surface area is 134 Å². The van der Waals surface area contributed by atoms with Crippen molar-refractivity contribution in [1.82, 2.24) is 15.1 Å². The lowest BCUT2D eigenvalue weighted by Crippen LogP contribution is -1.93. The van der Waals surface area contributed by atoms with Crippen molar-refractivity contribution in [2.24, 2.45) is 0 Å². The van der Waals surface area contributed by atoms with Crippen molar-refractivity contribution in [3.8, 4) is 11.5 Å². The van der Waals surface area contributed by atoms with Gasteiger partial charge in [0.1, 0.15) is 5.01 Å². The largest absolute Gasteiger partial charge is 0.397 e. The molecule has 0 amide bonds. The molecule has 2 N–H and O–H groups in total. The highest BCUT2D eigenvalue weighted by molar-refractivity contribution is 7.09. The molecular formula is C13H10Cl2N4OS. The Morgan fingerprint density at radius 1 is 1.29 bits per heavy atom. The summed E-state index contributed by atoms with van der Waals surface area (Å²) in [4.78, 5) is 8.68. The molecule has 0 spiro atoms. The van der Waals surface area contributed by atoms with Gasteiger partial charge in [-0.15, -0.1) is 11.3 Å². The topological polar surface area (TPSA) is 77.8 Å². The number of rotatable bonds is 3. The van der Waals surface area contributed by atoms with Gasteiger partial charge in [-0.3, -0.25) is 0 Å². The van der Waals surface area contributed by atoms with Crippen LogP contribution in [0.3, 0.4) is 0 Å². The fraction of sp³-hybridized carbons (Fsp3) is 0.154. The first-order valence-electron chi connectivity index (χ1n) is 6.01. The fourth-order valence-corrected chi connectivity index (χ4v) is 3.08. The number of hydrogen-bond acceptors (Lipinski definition) is 6. The molecule has 2 heterocycles. The summed E-state index contributed by atoms with van der Waals surface area (Å²) in [6.45, 7) is 1.94. The van der Waals surface area contributed by atoms with Gasteiger partial charge in [0.25, 0.3) is 5.89 Å². The number of aryl methyl sites for hydroxylation is 1. The van der Waals surface area contributed by atoms with Crippen molar-refractivity contribution in [1.29, 1.82) is 0 Å². The number of nitrogens with zero attached hydrogens (tertiary/aromatic N) is 3. The maximum atomic E-state index is 6.00. The lowest BCUT2D eigenvalue weighted by Gasteiger charge is -2.03. The van der Waals surface area contributed by atoms with Gasteiger partial charge in [-0.1, -0.05) is 28.4 Å². The minimum Gasteiger partial charge on any atom is -0.397 e. The van der Waals surface area contributed by atoms with Crippen molar-refractivity contribution in [2.75, 3.05) is 5.73 Å². The van der Waals surface area contributed by atoms with E-state index in [1.54, 1.807) is 23.5 Å². The third kappa shape index (κ3) is 3.02. The van der Waals surface area contributed by atoms with Gasteiger partial charge >= 0.3 is 0 Å². The smallest absolute Gasteiger partial charge is 0.260 e. The van der Waals surface area contributed by atoms with Gasteiger partial charge in [-0.2, -0.15) is 4.98 Å². The number of hydrogen-bond donors (Lipinski definition) is 1. The first-order chi connectivity index (χ1) is 10.0. The molecule has 0 atom stereocenters. The Kier molecular flexibility index (Phi) is 3.84. The van der Waals surface area contributed by atoms with Gasteiger partial charge in [0.15, 0.2) is 5.82 Å². The zero-order chi connectivity index (χ0) is 15.0. The Bertz CT molecular complexity index is 799. The third-order valence-corrected chi connectivity index (χ3v) is 4.27. The van der Waals surface area contributed by atoms with E-state index in [9.17, 15) is 0 Å². The summed E-state index contributed by atoms with van der Waals surface area (Å²) in [7, 11) is 0. The number of nitrogen functional groups attached to an aromatic ring is 1. The van der Waals surface area contributed by atoms with E-state index in [0.29, 0.717) is 39.4 Å². The minimum atomic E-state index is 0.292. The van der Waals surface area contributed by atoms with Gasteiger partial charge in [-0.05, 0) is 19.1 Å². The SMILES string of the molecule is Cc1csc(Cc2noc(-c3cc(Cl)cc(Cl)c3N)n2)n1. The summed E-state index contributed by atoms with van der Waals surface area (Å²) in [5.74, 6) is 0.829. The van der Waals surface area contributed by atoms with Crippen molar-refractivity contribution >= 4 is 40.2 Å². The van der Waals surface area contributed by atoms with Crippen LogP contribution in [-0.4, -0.2) is 15.1 Å². The molecule has 0 bridgehead atoms. The molecule has 0 radical (unpaired) electrons. The summed E-state index contributed by atoms with van der Waals surface area (Å²) < 4.78 is 5.24. The van der Waals surface area contributed by atoms with Crippen molar-refractivity contribution in [3.05, 3.63) is 44.1 Å². The predicted molar refractivity (Wildman–Crippen MR) is 83.8 cm³/mol. The van der Waals surface area contributed by atoms with E-state index in [1.807, 2.05) is 12.3 Å². The standard InChI is InChI=1S/C13H10Cl2N4OS/c1-6-5-21-11(17-6)4-10-18-13(20-19-10)8-2-7(14)3-9(15)12(8)16/h2-3,5H,4,16H2,1H3. The molecule has 0 aliphatic carbocycles. The van der Waals surface area contributed by atoms with Gasteiger partial charge in [-0.25, -0.2) is 4.98 Å². The van der Waals surface area contributed by atoms with Crippen LogP contribution in [0.1, 0.15) is 16.5 Å². The molecule has 108 valence electrons. The Morgan fingerprint density at radius 2 is 2.10 bits per heavy atom. The highest BCUT2D eigenvalue weighted by Gasteiger charge is 2.16. The highest BCUT2D eigenvalue weighted by Crippen LogP contribution is 2.34. The van der Waals surface area contributed by atoms with Gasteiger partial charge in [0, 0.05) is 16.1 Å². The molecule has 0 aliphatic heterocycles. The second kappa shape index (κ2) is 5.63. The molecule has 0 saturated heterocycles. The maximum Gasteiger partial charge on any atom is 0.260 e. The van der Waals surface area contributed by atoms with Gasteiger partial charge < -0.3 is 10.3 Å². The van der Waals surface area contributed by atoms with Gasteiger partial charge in [0.2, 0.25) is 0 Å². The van der Waals surface area contributed by atoms with Gasteiger partial charge in [0.05, 0.1) is 22.7 Å². The van der Waals surface area contributed by atoms with Crippen molar-refractivity contribution in [3.63, 3.8) is 0 Å². The molecule has 8 heteroatoms. The van der Waals surface area contributed by atoms with Crippen LogP contribution in [0.2, 0.25) is 10.0 Å². The molecule has 3 rings (SSSR count). The average molecular weight is 341 g/mol. The highest BCUT2D eigenvalue weighted by atomic mass is 35.5. The molecular weight excluding hydrogens is 331 g/mol. The summed E-state index contributed by atoms with van der Waals surface area (Å²) in [5, 5.41) is 7.65. The Hall–Kier alpha value is -1.63. The molecule has 2 aromatic heterocycles. The number of anilines is 1. The number of halogens is 2. The first kappa shape index (κ1) is 14.3. The number of aromatic nitrogens is 3. The Morgan fingerprint density at radius 3 is 2.81 bits per heavy atom. The molecule has 0 aliphatic rings. The fourth-order valence-electron chi connectivity index (χ4n) is 1.82. The second-order valence-electron chi connectivity index (χ2n) is 4.42. The van der Waals surface area contributed by atoms with Crippen molar-refractivity contribution < 1.29 is 4.52 Å². The summed E-state index contributed by atoms with van der Waals surface area (Å²) in [5.41, 5.74) is 7.79. The van der Waals surface area contributed by atoms with E-state index in [0.717, 1.165) is 10.7 Å². The lowest BCUT2D eigenvalue weighted by molar-refractivity contribution is 0.424. The van der Waals surface area contributed by atoms with Crippen LogP contribution in [0.4, 0.5) is 5.69 Å². The summed E-state index contributed by atoms with van der Waals surface area (Å²) >= 11 is 13.5. The molecule has 21 heavy (non-hydrogen) atoms. The van der Waals surface area contributed by atoms with Crippen LogP contribution < -0.4 is 5.73 Å². The first-order valence-corrected chi connectivity index (χ1v) is 7.65. The third-order valence-electron chi connectivity index (χ3n) is 2.77.